The van der Waals surface area contributed by atoms with Crippen LogP contribution in [0.2, 0.25) is 0 Å². The smallest absolute Gasteiger partial charge is 0.0712 e. The van der Waals surface area contributed by atoms with Crippen molar-refractivity contribution in [3.63, 3.8) is 0 Å². The number of nitrogens with two attached hydrogens (primary N) is 3. The van der Waals surface area contributed by atoms with Crippen LogP contribution in [0.15, 0.2) is 24.4 Å². The van der Waals surface area contributed by atoms with E-state index in [0.717, 1.165) is 10.9 Å². The highest BCUT2D eigenvalue weighted by molar-refractivity contribution is 5.89. The van der Waals surface area contributed by atoms with E-state index in [1.807, 2.05) is 12.1 Å². The van der Waals surface area contributed by atoms with Gasteiger partial charge in [0, 0.05) is 11.6 Å². The van der Waals surface area contributed by atoms with Gasteiger partial charge in [0.1, 0.15) is 0 Å². The summed E-state index contributed by atoms with van der Waals surface area (Å²) in [6.07, 6.45) is 1.77. The molecular weight excluding hydrogens is 152 g/mol. The molecule has 1 aromatic heterocycles. The van der Waals surface area contributed by atoms with Crippen LogP contribution in [0.3, 0.4) is 0 Å². The minimum absolute atomic E-state index is 0.563. The number of nitrogens with zero attached hydrogens (tertiary/aromatic N) is 1. The van der Waals surface area contributed by atoms with E-state index < -0.39 is 0 Å². The van der Waals surface area contributed by atoms with Gasteiger partial charge in [-0.3, -0.25) is 4.68 Å². The molecule has 0 aliphatic carbocycles. The summed E-state index contributed by atoms with van der Waals surface area (Å²) in [4.78, 5) is 0. The Morgan fingerprint density at radius 2 is 1.75 bits per heavy atom. The number of hydrogen-bond donors (Lipinski definition) is 3. The van der Waals surface area contributed by atoms with E-state index in [1.54, 1.807) is 12.3 Å². The van der Waals surface area contributed by atoms with E-state index in [0.29, 0.717) is 11.4 Å². The van der Waals surface area contributed by atoms with Gasteiger partial charge in [0.25, 0.3) is 0 Å². The zero-order valence-electron chi connectivity index (χ0n) is 6.49. The van der Waals surface area contributed by atoms with Gasteiger partial charge in [-0.15, -0.1) is 0 Å². The second kappa shape index (κ2) is 2.07. The van der Waals surface area contributed by atoms with Crippen LogP contribution < -0.4 is 17.3 Å². The van der Waals surface area contributed by atoms with Gasteiger partial charge in [-0.1, -0.05) is 0 Å². The zero-order chi connectivity index (χ0) is 8.72. The Kier molecular flexibility index (Phi) is 1.18. The van der Waals surface area contributed by atoms with Crippen molar-refractivity contribution in [3.8, 4) is 0 Å². The van der Waals surface area contributed by atoms with E-state index in [1.165, 1.54) is 4.68 Å². The predicted octanol–water partition coefficient (Wildman–Crippen LogP) is 0.520. The molecule has 4 heteroatoms. The summed E-state index contributed by atoms with van der Waals surface area (Å²) < 4.78 is 1.52. The van der Waals surface area contributed by atoms with Crippen LogP contribution in [0.4, 0.5) is 11.4 Å². The molecule has 0 aliphatic rings. The van der Waals surface area contributed by atoms with Crippen molar-refractivity contribution >= 4 is 22.3 Å². The van der Waals surface area contributed by atoms with E-state index in [2.05, 4.69) is 0 Å². The summed E-state index contributed by atoms with van der Waals surface area (Å²) in [5, 5.41) is 1.00. The van der Waals surface area contributed by atoms with Crippen molar-refractivity contribution < 1.29 is 0 Å². The summed E-state index contributed by atoms with van der Waals surface area (Å²) in [6, 6.07) is 5.48. The monoisotopic (exact) mass is 162 g/mol. The van der Waals surface area contributed by atoms with Gasteiger partial charge in [0.05, 0.1) is 16.9 Å². The normalized spacial score (nSPS) is 10.7. The molecule has 0 unspecified atom stereocenters. The summed E-state index contributed by atoms with van der Waals surface area (Å²) in [5.41, 5.74) is 13.3. The van der Waals surface area contributed by atoms with Crippen LogP contribution in [0.5, 0.6) is 0 Å². The second-order valence-electron chi connectivity index (χ2n) is 2.76. The molecule has 0 aliphatic heterocycles. The maximum absolute atomic E-state index is 5.62. The third-order valence-corrected chi connectivity index (χ3v) is 1.93. The highest BCUT2D eigenvalue weighted by atomic mass is 15.3. The average molecular weight is 162 g/mol. The number of fused-ring (bicyclic) bond motifs is 1. The maximum Gasteiger partial charge on any atom is 0.0712 e. The summed E-state index contributed by atoms with van der Waals surface area (Å²) in [7, 11) is 0. The average Bonchev–Trinajstić information content (AvgIpc) is 2.35. The maximum atomic E-state index is 5.62. The standard InChI is InChI=1S/C8H10N4/c9-6-3-5-1-2-12(11)8(5)4-7(6)10/h1-4H,9-11H2. The van der Waals surface area contributed by atoms with Crippen LogP contribution in [-0.4, -0.2) is 4.68 Å². The van der Waals surface area contributed by atoms with Crippen molar-refractivity contribution in [3.05, 3.63) is 24.4 Å². The summed E-state index contributed by atoms with van der Waals surface area (Å²) in [5.74, 6) is 5.62. The molecule has 12 heavy (non-hydrogen) atoms. The largest absolute Gasteiger partial charge is 0.397 e. The molecule has 2 aromatic rings. The molecule has 0 fully saturated rings. The second-order valence-corrected chi connectivity index (χ2v) is 2.76. The van der Waals surface area contributed by atoms with E-state index in [4.69, 9.17) is 17.3 Å². The van der Waals surface area contributed by atoms with Crippen molar-refractivity contribution in [1.82, 2.24) is 4.68 Å². The number of benzene rings is 1. The summed E-state index contributed by atoms with van der Waals surface area (Å²) in [6.45, 7) is 0. The lowest BCUT2D eigenvalue weighted by Gasteiger charge is -2.01. The number of nitrogen functional groups attached to an aromatic ring is 3. The fraction of sp³-hybridized carbons (Fsp3) is 0. The highest BCUT2D eigenvalue weighted by Gasteiger charge is 2.01. The summed E-state index contributed by atoms with van der Waals surface area (Å²) >= 11 is 0. The number of anilines is 2. The van der Waals surface area contributed by atoms with Gasteiger partial charge in [0.2, 0.25) is 0 Å². The van der Waals surface area contributed by atoms with Crippen molar-refractivity contribution in [2.45, 2.75) is 0 Å². The fourth-order valence-electron chi connectivity index (χ4n) is 1.24. The molecule has 0 amide bonds. The lowest BCUT2D eigenvalue weighted by Crippen LogP contribution is -2.05. The van der Waals surface area contributed by atoms with Gasteiger partial charge in [-0.2, -0.15) is 0 Å². The van der Waals surface area contributed by atoms with Gasteiger partial charge >= 0.3 is 0 Å². The van der Waals surface area contributed by atoms with Gasteiger partial charge in [-0.25, -0.2) is 0 Å². The number of rotatable bonds is 0. The molecule has 4 nitrogen and oxygen atoms in total. The SMILES string of the molecule is Nc1cc2ccn(N)c2cc1N. The first-order chi connectivity index (χ1) is 5.68. The Hall–Kier alpha value is -1.84. The third-order valence-electron chi connectivity index (χ3n) is 1.93. The Morgan fingerprint density at radius 1 is 1.08 bits per heavy atom. The molecule has 62 valence electrons. The quantitative estimate of drug-likeness (QED) is 0.390. The lowest BCUT2D eigenvalue weighted by atomic mass is 10.2. The molecule has 0 spiro atoms. The van der Waals surface area contributed by atoms with Crippen LogP contribution >= 0.6 is 0 Å². The Morgan fingerprint density at radius 3 is 2.50 bits per heavy atom. The fourth-order valence-corrected chi connectivity index (χ4v) is 1.24. The van der Waals surface area contributed by atoms with Crippen molar-refractivity contribution in [1.29, 1.82) is 0 Å². The first-order valence-electron chi connectivity index (χ1n) is 3.59. The topological polar surface area (TPSA) is 83.0 Å². The Balaban J connectivity index is 2.87. The molecule has 1 heterocycles. The minimum Gasteiger partial charge on any atom is -0.397 e. The molecule has 0 bridgehead atoms. The molecule has 0 saturated heterocycles. The molecule has 2 rings (SSSR count). The number of hydrogen-bond acceptors (Lipinski definition) is 3. The van der Waals surface area contributed by atoms with Crippen LogP contribution in [0, 0.1) is 0 Å². The zero-order valence-corrected chi connectivity index (χ0v) is 6.49. The van der Waals surface area contributed by atoms with Crippen molar-refractivity contribution in [2.75, 3.05) is 17.3 Å². The van der Waals surface area contributed by atoms with Gasteiger partial charge < -0.3 is 17.3 Å². The number of aromatic nitrogens is 1. The van der Waals surface area contributed by atoms with Crippen molar-refractivity contribution in [2.24, 2.45) is 0 Å². The minimum atomic E-state index is 0.563. The lowest BCUT2D eigenvalue weighted by molar-refractivity contribution is 1.07. The first-order valence-corrected chi connectivity index (χ1v) is 3.59. The van der Waals surface area contributed by atoms with Gasteiger partial charge in [0.15, 0.2) is 0 Å². The van der Waals surface area contributed by atoms with Crippen LogP contribution in [0.25, 0.3) is 10.9 Å². The molecule has 6 N–H and O–H groups in total. The van der Waals surface area contributed by atoms with E-state index in [9.17, 15) is 0 Å². The molecule has 0 saturated carbocycles. The molecule has 1 aromatic carbocycles. The van der Waals surface area contributed by atoms with E-state index >= 15 is 0 Å². The van der Waals surface area contributed by atoms with E-state index in [-0.39, 0.29) is 0 Å². The Labute approximate surface area is 69.5 Å². The van der Waals surface area contributed by atoms with Crippen LogP contribution in [-0.2, 0) is 0 Å². The molecule has 0 radical (unpaired) electrons. The third kappa shape index (κ3) is 0.780. The highest BCUT2D eigenvalue weighted by Crippen LogP contribution is 2.23. The van der Waals surface area contributed by atoms with Crippen LogP contribution in [0.1, 0.15) is 0 Å². The van der Waals surface area contributed by atoms with Gasteiger partial charge in [-0.05, 0) is 18.2 Å². The molecular formula is C8H10N4. The predicted molar refractivity (Wildman–Crippen MR) is 50.9 cm³/mol. The molecule has 0 atom stereocenters. The first kappa shape index (κ1) is 6.84. The Bertz CT molecular complexity index is 430.